The maximum absolute atomic E-state index is 14.0. The van der Waals surface area contributed by atoms with Gasteiger partial charge in [0.15, 0.2) is 5.82 Å². The Balaban J connectivity index is 0.000000125. The molecule has 3 saturated heterocycles. The summed E-state index contributed by atoms with van der Waals surface area (Å²) in [6.45, 7) is 17.0. The predicted molar refractivity (Wildman–Crippen MR) is 505 cm³/mol. The molecule has 0 spiro atoms. The number of hydrogen-bond acceptors (Lipinski definition) is 25. The number of rotatable bonds is 21. The topological polar surface area (TPSA) is 451 Å². The van der Waals surface area contributed by atoms with Gasteiger partial charge < -0.3 is 41.2 Å². The normalized spacial score (nSPS) is 21.1. The third-order valence-electron chi connectivity index (χ3n) is 25.7. The number of aromatic nitrogens is 17. The fourth-order valence-electron chi connectivity index (χ4n) is 18.0. The van der Waals surface area contributed by atoms with Crippen molar-refractivity contribution in [1.29, 1.82) is 0 Å². The summed E-state index contributed by atoms with van der Waals surface area (Å²) in [5, 5.41) is 36.6. The molecule has 6 fully saturated rings. The number of halogens is 3. The third-order valence-corrected chi connectivity index (χ3v) is 27.1. The van der Waals surface area contributed by atoms with E-state index in [4.69, 9.17) is 5.11 Å². The molecule has 3 saturated carbocycles. The van der Waals surface area contributed by atoms with Gasteiger partial charge >= 0.3 is 5.97 Å². The molecule has 6 N–H and O–H groups in total. The van der Waals surface area contributed by atoms with Gasteiger partial charge in [0, 0.05) is 126 Å². The minimum Gasteiger partial charge on any atom is -0.480 e. The number of nitrogens with zero attached hydrogens (tertiary/aromatic N) is 20. The number of ketones is 3. The Morgan fingerprint density at radius 1 is 0.436 bits per heavy atom. The molecule has 38 heteroatoms. The van der Waals surface area contributed by atoms with Gasteiger partial charge in [-0.3, -0.25) is 67.2 Å². The van der Waals surface area contributed by atoms with Gasteiger partial charge in [-0.1, -0.05) is 69.3 Å². The summed E-state index contributed by atoms with van der Waals surface area (Å²) in [6.07, 6.45) is 26.0. The zero-order chi connectivity index (χ0) is 93.4. The maximum Gasteiger partial charge on any atom is 0.325 e. The van der Waals surface area contributed by atoms with E-state index in [2.05, 4.69) is 170 Å². The molecule has 15 heterocycles. The van der Waals surface area contributed by atoms with Crippen LogP contribution in [0.5, 0.6) is 0 Å². The number of amides is 5. The zero-order valence-corrected chi connectivity index (χ0v) is 78.3. The maximum atomic E-state index is 14.0. The Bertz CT molecular complexity index is 7110. The van der Waals surface area contributed by atoms with Crippen LogP contribution >= 0.6 is 47.8 Å². The SMILES string of the molecule is Cc1ccc(Br)nc1NC(=O)[C@@H]1C[C@@]2(C)C[C@H]2N1.Cc1ncc(-c2ccc3c(c2)c(C(=O)C2=NC=CC2)nn3CC(=O)N2[C@H](C(=O)Nc3nc(Br)ccc3C)C[C@@]3(C)C[C@@H]23)cn1.Cc1ncc(-c2ccc3c(c2)c(C(=O)C2=NC=CC2)nn3CC(=O)O)cn1.Cc1ncc(-c2ccc3c(c2)c(C(=O)c2ncc[nH]2)nn3CC(=O)N2[C@H](C(=O)Nc3nc(Br)ccc3C)C[C@@]3(C)C[C@@H]23)cn1. The monoisotopic (exact) mass is 1980 g/mol. The first kappa shape index (κ1) is 89.6. The number of nitrogens with one attached hydrogen (secondary N) is 5. The number of carboxylic acids is 1. The van der Waals surface area contributed by atoms with Crippen molar-refractivity contribution in [3.05, 3.63) is 236 Å². The summed E-state index contributed by atoms with van der Waals surface area (Å²) in [6, 6.07) is 26.9. The van der Waals surface area contributed by atoms with Gasteiger partial charge in [-0.15, -0.1) is 0 Å². The fraction of sp³-hybridized carbons (Fsp3) is 0.305. The Morgan fingerprint density at radius 3 is 1.16 bits per heavy atom. The lowest BCUT2D eigenvalue weighted by Gasteiger charge is -2.27. The molecule has 9 atom stereocenters. The van der Waals surface area contributed by atoms with Crippen LogP contribution in [0.2, 0.25) is 0 Å². The molecule has 133 heavy (non-hydrogen) atoms. The Hall–Kier alpha value is -14.0. The van der Waals surface area contributed by atoms with Gasteiger partial charge in [0.05, 0.1) is 34.0 Å². The number of Topliss-reactive ketones (excluding diaryl/α,β-unsaturated/α-hetero) is 2. The van der Waals surface area contributed by atoms with Crippen LogP contribution in [0.1, 0.15) is 144 Å². The van der Waals surface area contributed by atoms with Gasteiger partial charge in [-0.05, 0) is 232 Å². The number of likely N-dealkylation sites (tertiary alicyclic amines) is 2. The smallest absolute Gasteiger partial charge is 0.325 e. The van der Waals surface area contributed by atoms with E-state index in [1.165, 1.54) is 22.0 Å². The number of H-pyrrole nitrogens is 1. The van der Waals surface area contributed by atoms with Gasteiger partial charge in [0.25, 0.3) is 0 Å². The van der Waals surface area contributed by atoms with Crippen molar-refractivity contribution in [3.8, 4) is 33.4 Å². The number of benzene rings is 3. The number of carbonyl (C=O) groups is 9. The molecule has 10 aromatic heterocycles. The quantitative estimate of drug-likeness (QED) is 0.0287. The van der Waals surface area contributed by atoms with E-state index in [-0.39, 0.29) is 113 Å². The molecule has 3 aliphatic carbocycles. The van der Waals surface area contributed by atoms with Crippen molar-refractivity contribution in [2.24, 2.45) is 26.2 Å². The molecule has 674 valence electrons. The number of carbonyl (C=O) groups excluding carboxylic acids is 8. The Kier molecular flexibility index (Phi) is 24.2. The summed E-state index contributed by atoms with van der Waals surface area (Å²) in [5.74, 6) is 0.683. The van der Waals surface area contributed by atoms with Crippen LogP contribution in [0.4, 0.5) is 17.5 Å². The summed E-state index contributed by atoms with van der Waals surface area (Å²) in [7, 11) is 0. The van der Waals surface area contributed by atoms with Crippen molar-refractivity contribution in [2.45, 2.75) is 170 Å². The first-order valence-electron chi connectivity index (χ1n) is 43.1. The number of aryl methyl sites for hydroxylation is 6. The molecule has 0 radical (unpaired) electrons. The van der Waals surface area contributed by atoms with E-state index in [1.807, 2.05) is 126 Å². The number of anilines is 3. The largest absolute Gasteiger partial charge is 0.480 e. The van der Waals surface area contributed by atoms with Crippen molar-refractivity contribution in [1.82, 2.24) is 99.3 Å². The van der Waals surface area contributed by atoms with Crippen LogP contribution in [0, 0.1) is 57.8 Å². The molecule has 5 aliphatic heterocycles. The highest BCUT2D eigenvalue weighted by Gasteiger charge is 2.66. The predicted octanol–water partition coefficient (Wildman–Crippen LogP) is 13.7. The van der Waals surface area contributed by atoms with E-state index >= 15 is 0 Å². The Morgan fingerprint density at radius 2 is 0.812 bits per heavy atom. The summed E-state index contributed by atoms with van der Waals surface area (Å²) >= 11 is 10.0. The molecular weight excluding hydrogens is 1890 g/mol. The van der Waals surface area contributed by atoms with Crippen molar-refractivity contribution in [2.75, 3.05) is 16.0 Å². The molecular formula is C95H88Br3N25O10. The first-order valence-corrected chi connectivity index (χ1v) is 45.5. The average Bonchev–Trinajstić information content (AvgIpc) is 1.55. The van der Waals surface area contributed by atoms with Gasteiger partial charge in [0.2, 0.25) is 46.9 Å². The molecule has 0 bridgehead atoms. The van der Waals surface area contributed by atoms with E-state index in [0.717, 1.165) is 73.9 Å². The highest BCUT2D eigenvalue weighted by Crippen LogP contribution is 2.61. The van der Waals surface area contributed by atoms with E-state index in [1.54, 1.807) is 89.3 Å². The standard InChI is InChI=1S/C32H29BrN8O3.C31H28BrN9O3.C19H15N5O3.C13H16BrN3O/c1-17-6-9-26(33)37-30(17)38-31(44)24-12-32(3)13-25(32)41(24)27(42)16-40-23-8-7-19(20-14-35-18(2)36-15-20)11-21(23)28(39-40)29(43)22-5-4-10-34-22;1-16-4-7-24(32)37-28(16)38-30(44)22-11-31(3)12-23(31)41(22)25(42)15-40-21-6-5-18(19-13-35-17(2)36-14-19)10-20(21)26(39-40)27(43)29-33-8-9-34-29;1-11-21-8-13(9-22-11)12-4-5-16-14(7-12)18(23-24(16)10-17(25)26)19(27)15-3-2-6-20-15;1-7-3-4-10(14)16-11(7)17-12(18)8-5-13(2)6-9(13)15-8/h4,6-11,14-15,24-25H,5,12-13,16H2,1-3H3,(H,37,38,44);4-10,13-14,22-23H,11-12,15H2,1-3H3,(H,33,34)(H,37,38,44);2,4-9H,3,10H2,1H3,(H,25,26);3-4,8-9,15H,5-6H2,1-2H3,(H,16,17,18)/t24-,25+,32-;22-,23+,31-;;8-,9+,13-/m00.0/s1. The molecule has 21 rings (SSSR count). The number of carboxylic acid groups (broad SMARTS) is 1. The summed E-state index contributed by atoms with van der Waals surface area (Å²) in [5.41, 5.74) is 10.8. The minimum absolute atomic E-state index is 0.0251. The van der Waals surface area contributed by atoms with Gasteiger partial charge in [0.1, 0.15) is 97.5 Å². The fourth-order valence-corrected chi connectivity index (χ4v) is 18.9. The lowest BCUT2D eigenvalue weighted by Crippen LogP contribution is -2.47. The first-order chi connectivity index (χ1) is 63.7. The zero-order valence-electron chi connectivity index (χ0n) is 73.5. The second-order valence-electron chi connectivity index (χ2n) is 35.4. The number of piperidine rings is 3. The van der Waals surface area contributed by atoms with Gasteiger partial charge in [-0.2, -0.15) is 15.3 Å². The number of hydrogen-bond donors (Lipinski definition) is 6. The van der Waals surface area contributed by atoms with Crippen molar-refractivity contribution < 1.29 is 48.3 Å². The summed E-state index contributed by atoms with van der Waals surface area (Å²) in [4.78, 5) is 176. The lowest BCUT2D eigenvalue weighted by atomic mass is 10.0. The van der Waals surface area contributed by atoms with Crippen LogP contribution in [0.25, 0.3) is 66.1 Å². The van der Waals surface area contributed by atoms with E-state index in [9.17, 15) is 43.2 Å². The molecule has 3 aromatic carbocycles. The number of allylic oxidation sites excluding steroid dienone is 2. The van der Waals surface area contributed by atoms with Crippen LogP contribution in [0.3, 0.4) is 0 Å². The number of fused-ring (bicyclic) bond motifs is 6. The van der Waals surface area contributed by atoms with Crippen LogP contribution < -0.4 is 21.3 Å². The highest BCUT2D eigenvalue weighted by atomic mass is 79.9. The number of aliphatic carboxylic acids is 1. The summed E-state index contributed by atoms with van der Waals surface area (Å²) < 4.78 is 6.38. The van der Waals surface area contributed by atoms with Crippen LogP contribution in [-0.2, 0) is 48.4 Å². The van der Waals surface area contributed by atoms with Crippen LogP contribution in [0.15, 0.2) is 189 Å². The number of aliphatic imine (C=N–C) groups is 2. The average molecular weight is 1980 g/mol. The van der Waals surface area contributed by atoms with E-state index in [0.29, 0.717) is 125 Å². The molecule has 0 unspecified atom stereocenters. The number of pyridine rings is 3. The Labute approximate surface area is 785 Å². The van der Waals surface area contributed by atoms with E-state index < -0.39 is 23.8 Å². The molecule has 8 aliphatic rings. The number of aromatic amines is 1. The molecule has 5 amide bonds. The van der Waals surface area contributed by atoms with Gasteiger partial charge in [-0.25, -0.2) is 49.8 Å². The second-order valence-corrected chi connectivity index (χ2v) is 37.8. The highest BCUT2D eigenvalue weighted by molar-refractivity contribution is 9.11. The van der Waals surface area contributed by atoms with Crippen molar-refractivity contribution in [3.63, 3.8) is 0 Å². The third kappa shape index (κ3) is 18.5. The second kappa shape index (κ2) is 36.0. The minimum atomic E-state index is -1.03. The van der Waals surface area contributed by atoms with Crippen molar-refractivity contribution >= 4 is 162 Å². The molecule has 35 nitrogen and oxygen atoms in total. The number of imidazole rings is 1. The lowest BCUT2D eigenvalue weighted by molar-refractivity contribution is -0.138. The molecule has 13 aromatic rings. The van der Waals surface area contributed by atoms with Crippen LogP contribution in [-0.4, -0.2) is 200 Å².